The number of nitrogens with zero attached hydrogens (tertiary/aromatic N) is 4. The van der Waals surface area contributed by atoms with Gasteiger partial charge in [0, 0.05) is 30.0 Å². The van der Waals surface area contributed by atoms with Crippen molar-refractivity contribution in [1.29, 1.82) is 0 Å². The van der Waals surface area contributed by atoms with Crippen LogP contribution in [0, 0.1) is 6.92 Å². The van der Waals surface area contributed by atoms with Crippen LogP contribution in [0.25, 0.3) is 22.4 Å². The Morgan fingerprint density at radius 2 is 1.91 bits per heavy atom. The molecule has 1 aliphatic rings. The quantitative estimate of drug-likeness (QED) is 0.440. The number of hydrogen-bond donors (Lipinski definition) is 3. The lowest BCUT2D eigenvalue weighted by Crippen LogP contribution is -2.36. The normalized spacial score (nSPS) is 14.0. The van der Waals surface area contributed by atoms with Crippen molar-refractivity contribution in [1.82, 2.24) is 20.2 Å². The fourth-order valence-corrected chi connectivity index (χ4v) is 3.87. The Morgan fingerprint density at radius 3 is 2.66 bits per heavy atom. The molecular weight excluding hydrogens is 408 g/mol. The number of H-pyrrole nitrogens is 1. The van der Waals surface area contributed by atoms with Crippen molar-refractivity contribution in [2.24, 2.45) is 0 Å². The number of aromatic amines is 1. The van der Waals surface area contributed by atoms with E-state index in [0.717, 1.165) is 37.7 Å². The number of rotatable bonds is 5. The molecular formula is C23H22N6O3. The predicted octanol–water partition coefficient (Wildman–Crippen LogP) is 3.61. The van der Waals surface area contributed by atoms with Gasteiger partial charge in [0.15, 0.2) is 11.6 Å². The molecule has 162 valence electrons. The second-order valence-corrected chi connectivity index (χ2v) is 7.58. The van der Waals surface area contributed by atoms with E-state index in [-0.39, 0.29) is 5.56 Å². The number of hydrogen-bond acceptors (Lipinski definition) is 7. The number of fused-ring (bicyclic) bond motifs is 1. The topological polar surface area (TPSA) is 116 Å². The van der Waals surface area contributed by atoms with Gasteiger partial charge < -0.3 is 20.1 Å². The van der Waals surface area contributed by atoms with Gasteiger partial charge in [-0.1, -0.05) is 12.1 Å². The van der Waals surface area contributed by atoms with Crippen LogP contribution < -0.4 is 10.2 Å². The number of benzene rings is 2. The zero-order valence-electron chi connectivity index (χ0n) is 17.5. The van der Waals surface area contributed by atoms with Crippen LogP contribution in [0.2, 0.25) is 0 Å². The van der Waals surface area contributed by atoms with Crippen LogP contribution in [-0.2, 0) is 4.74 Å². The van der Waals surface area contributed by atoms with Crippen molar-refractivity contribution < 1.29 is 14.6 Å². The van der Waals surface area contributed by atoms with Gasteiger partial charge in [-0.15, -0.1) is 0 Å². The highest BCUT2D eigenvalue weighted by Crippen LogP contribution is 2.29. The minimum absolute atomic E-state index is 0.228. The van der Waals surface area contributed by atoms with Gasteiger partial charge >= 0.3 is 5.97 Å². The Morgan fingerprint density at radius 1 is 1.12 bits per heavy atom. The molecule has 9 heteroatoms. The predicted molar refractivity (Wildman–Crippen MR) is 122 cm³/mol. The van der Waals surface area contributed by atoms with Gasteiger partial charge in [-0.25, -0.2) is 14.8 Å². The number of carbonyl (C=O) groups is 1. The zero-order chi connectivity index (χ0) is 22.1. The van der Waals surface area contributed by atoms with Gasteiger partial charge in [0.05, 0.1) is 25.0 Å². The summed E-state index contributed by atoms with van der Waals surface area (Å²) >= 11 is 0. The molecule has 9 nitrogen and oxygen atoms in total. The maximum absolute atomic E-state index is 11.5. The Labute approximate surface area is 184 Å². The summed E-state index contributed by atoms with van der Waals surface area (Å²) in [6.45, 7) is 5.00. The highest BCUT2D eigenvalue weighted by atomic mass is 16.5. The fraction of sp³-hybridized carbons (Fsp3) is 0.217. The Hall–Kier alpha value is -3.98. The molecule has 1 fully saturated rings. The number of aromatic carboxylic acids is 1. The van der Waals surface area contributed by atoms with Gasteiger partial charge in [0.2, 0.25) is 0 Å². The van der Waals surface area contributed by atoms with Crippen molar-refractivity contribution in [3.05, 3.63) is 59.8 Å². The lowest BCUT2D eigenvalue weighted by Gasteiger charge is -2.28. The lowest BCUT2D eigenvalue weighted by atomic mass is 10.0. The Kier molecular flexibility index (Phi) is 5.16. The largest absolute Gasteiger partial charge is 0.478 e. The SMILES string of the molecule is Cc1c(C(=O)O)cccc1-c1nc(Nc2ccc(N3CCOCC3)cc2)c2[nH]ncc2n1. The van der Waals surface area contributed by atoms with E-state index in [4.69, 9.17) is 9.72 Å². The first-order valence-corrected chi connectivity index (χ1v) is 10.3. The molecule has 0 bridgehead atoms. The third-order valence-electron chi connectivity index (χ3n) is 5.61. The second kappa shape index (κ2) is 8.27. The molecule has 4 aromatic rings. The molecule has 32 heavy (non-hydrogen) atoms. The summed E-state index contributed by atoms with van der Waals surface area (Å²) < 4.78 is 5.42. The summed E-state index contributed by atoms with van der Waals surface area (Å²) in [5, 5.41) is 19.9. The van der Waals surface area contributed by atoms with Crippen LogP contribution in [0.3, 0.4) is 0 Å². The van der Waals surface area contributed by atoms with Crippen LogP contribution in [0.4, 0.5) is 17.2 Å². The van der Waals surface area contributed by atoms with Gasteiger partial charge in [-0.3, -0.25) is 5.10 Å². The van der Waals surface area contributed by atoms with Crippen molar-refractivity contribution in [2.45, 2.75) is 6.92 Å². The number of nitrogens with one attached hydrogen (secondary N) is 2. The molecule has 2 aromatic carbocycles. The lowest BCUT2D eigenvalue weighted by molar-refractivity contribution is 0.0696. The summed E-state index contributed by atoms with van der Waals surface area (Å²) in [6.07, 6.45) is 1.63. The molecule has 5 rings (SSSR count). The minimum atomic E-state index is -0.979. The first-order chi connectivity index (χ1) is 15.6. The van der Waals surface area contributed by atoms with Crippen LogP contribution in [-0.4, -0.2) is 57.5 Å². The number of carboxylic acids is 1. The van der Waals surface area contributed by atoms with Crippen LogP contribution in [0.15, 0.2) is 48.7 Å². The number of ether oxygens (including phenoxy) is 1. The molecule has 0 atom stereocenters. The Balaban J connectivity index is 1.49. The molecule has 1 saturated heterocycles. The number of anilines is 3. The molecule has 0 aliphatic carbocycles. The second-order valence-electron chi connectivity index (χ2n) is 7.58. The van der Waals surface area contributed by atoms with E-state index in [0.29, 0.717) is 33.8 Å². The summed E-state index contributed by atoms with van der Waals surface area (Å²) in [7, 11) is 0. The summed E-state index contributed by atoms with van der Waals surface area (Å²) in [4.78, 5) is 23.1. The average Bonchev–Trinajstić information content (AvgIpc) is 3.29. The van der Waals surface area contributed by atoms with E-state index in [1.54, 1.807) is 25.3 Å². The average molecular weight is 430 g/mol. The maximum atomic E-state index is 11.5. The highest BCUT2D eigenvalue weighted by Gasteiger charge is 2.17. The van der Waals surface area contributed by atoms with Crippen LogP contribution >= 0.6 is 0 Å². The minimum Gasteiger partial charge on any atom is -0.478 e. The first kappa shape index (κ1) is 20.0. The molecule has 0 spiro atoms. The van der Waals surface area contributed by atoms with E-state index in [1.807, 2.05) is 18.2 Å². The summed E-state index contributed by atoms with van der Waals surface area (Å²) in [5.74, 6) is 0.0288. The molecule has 0 radical (unpaired) electrons. The van der Waals surface area contributed by atoms with E-state index >= 15 is 0 Å². The number of aromatic nitrogens is 4. The molecule has 0 unspecified atom stereocenters. The maximum Gasteiger partial charge on any atom is 0.335 e. The zero-order valence-corrected chi connectivity index (χ0v) is 17.5. The van der Waals surface area contributed by atoms with Crippen LogP contribution in [0.5, 0.6) is 0 Å². The van der Waals surface area contributed by atoms with E-state index < -0.39 is 5.97 Å². The number of morpholine rings is 1. The molecule has 2 aromatic heterocycles. The summed E-state index contributed by atoms with van der Waals surface area (Å²) in [6, 6.07) is 13.2. The standard InChI is InChI=1S/C23H22N6O3/c1-14-17(3-2-4-18(14)23(30)31)21-26-19-13-24-28-20(19)22(27-21)25-15-5-7-16(8-6-15)29-9-11-32-12-10-29/h2-8,13H,9-12H2,1H3,(H,24,28)(H,30,31)(H,25,26,27). The molecule has 1 aliphatic heterocycles. The monoisotopic (exact) mass is 430 g/mol. The van der Waals surface area contributed by atoms with Gasteiger partial charge in [-0.05, 0) is 42.8 Å². The Bertz CT molecular complexity index is 1280. The third-order valence-corrected chi connectivity index (χ3v) is 5.61. The van der Waals surface area contributed by atoms with Crippen molar-refractivity contribution in [3.63, 3.8) is 0 Å². The van der Waals surface area contributed by atoms with Crippen molar-refractivity contribution >= 4 is 34.2 Å². The molecule has 0 amide bonds. The smallest absolute Gasteiger partial charge is 0.335 e. The van der Waals surface area contributed by atoms with Gasteiger partial charge in [0.1, 0.15) is 11.0 Å². The fourth-order valence-electron chi connectivity index (χ4n) is 3.87. The number of carboxylic acid groups (broad SMARTS) is 1. The molecule has 3 N–H and O–H groups in total. The van der Waals surface area contributed by atoms with E-state index in [9.17, 15) is 9.90 Å². The van der Waals surface area contributed by atoms with E-state index in [1.165, 1.54) is 0 Å². The van der Waals surface area contributed by atoms with Crippen LogP contribution in [0.1, 0.15) is 15.9 Å². The van der Waals surface area contributed by atoms with Crippen molar-refractivity contribution in [3.8, 4) is 11.4 Å². The first-order valence-electron chi connectivity index (χ1n) is 10.3. The van der Waals surface area contributed by atoms with E-state index in [2.05, 4.69) is 37.5 Å². The summed E-state index contributed by atoms with van der Waals surface area (Å²) in [5.41, 5.74) is 4.85. The van der Waals surface area contributed by atoms with Crippen molar-refractivity contribution in [2.75, 3.05) is 36.5 Å². The van der Waals surface area contributed by atoms with Gasteiger partial charge in [0.25, 0.3) is 0 Å². The van der Waals surface area contributed by atoms with Gasteiger partial charge in [-0.2, -0.15) is 5.10 Å². The molecule has 0 saturated carbocycles. The highest BCUT2D eigenvalue weighted by molar-refractivity contribution is 5.93. The molecule has 3 heterocycles. The third kappa shape index (κ3) is 3.74.